The summed E-state index contributed by atoms with van der Waals surface area (Å²) in [4.78, 5) is 22.9. The summed E-state index contributed by atoms with van der Waals surface area (Å²) < 4.78 is 0. The standard InChI is InChI=1S/C13H25N3O2/c1-10(2)16-13(18)9-15-12(17)7-6-11-5-3-4-8-14-11/h10-11,14H,3-9H2,1-2H3,(H,15,17)(H,16,18). The van der Waals surface area contributed by atoms with Crippen LogP contribution in [0.5, 0.6) is 0 Å². The van der Waals surface area contributed by atoms with Gasteiger partial charge in [-0.15, -0.1) is 0 Å². The molecule has 1 aliphatic rings. The van der Waals surface area contributed by atoms with E-state index in [-0.39, 0.29) is 24.4 Å². The quantitative estimate of drug-likeness (QED) is 0.649. The average molecular weight is 255 g/mol. The van der Waals surface area contributed by atoms with Gasteiger partial charge in [0.2, 0.25) is 11.8 Å². The molecule has 5 nitrogen and oxygen atoms in total. The van der Waals surface area contributed by atoms with Crippen LogP contribution in [0.25, 0.3) is 0 Å². The number of rotatable bonds is 6. The molecule has 1 rings (SSSR count). The maximum absolute atomic E-state index is 11.6. The van der Waals surface area contributed by atoms with Gasteiger partial charge in [0.1, 0.15) is 0 Å². The molecule has 3 N–H and O–H groups in total. The fraction of sp³-hybridized carbons (Fsp3) is 0.846. The number of carbonyl (C=O) groups excluding carboxylic acids is 2. The Labute approximate surface area is 109 Å². The summed E-state index contributed by atoms with van der Waals surface area (Å²) in [6, 6.07) is 0.579. The van der Waals surface area contributed by atoms with Gasteiger partial charge in [-0.1, -0.05) is 6.42 Å². The molecule has 1 atom stereocenters. The van der Waals surface area contributed by atoms with Gasteiger partial charge in [0.05, 0.1) is 6.54 Å². The Hall–Kier alpha value is -1.10. The van der Waals surface area contributed by atoms with Crippen molar-refractivity contribution in [1.29, 1.82) is 0 Å². The minimum Gasteiger partial charge on any atom is -0.352 e. The fourth-order valence-electron chi connectivity index (χ4n) is 2.12. The molecule has 104 valence electrons. The molecule has 0 saturated carbocycles. The minimum atomic E-state index is -0.130. The second-order valence-electron chi connectivity index (χ2n) is 5.18. The lowest BCUT2D eigenvalue weighted by Crippen LogP contribution is -2.40. The third kappa shape index (κ3) is 6.59. The van der Waals surface area contributed by atoms with Crippen LogP contribution in [-0.2, 0) is 9.59 Å². The normalized spacial score (nSPS) is 19.6. The Bertz CT molecular complexity index is 273. The Morgan fingerprint density at radius 1 is 1.28 bits per heavy atom. The highest BCUT2D eigenvalue weighted by Crippen LogP contribution is 2.11. The SMILES string of the molecule is CC(C)NC(=O)CNC(=O)CCC1CCCCN1. The lowest BCUT2D eigenvalue weighted by Gasteiger charge is -2.23. The summed E-state index contributed by atoms with van der Waals surface area (Å²) >= 11 is 0. The molecule has 18 heavy (non-hydrogen) atoms. The van der Waals surface area contributed by atoms with Gasteiger partial charge >= 0.3 is 0 Å². The molecular weight excluding hydrogens is 230 g/mol. The van der Waals surface area contributed by atoms with E-state index in [1.54, 1.807) is 0 Å². The van der Waals surface area contributed by atoms with E-state index in [9.17, 15) is 9.59 Å². The van der Waals surface area contributed by atoms with Crippen LogP contribution >= 0.6 is 0 Å². The highest BCUT2D eigenvalue weighted by atomic mass is 16.2. The molecule has 2 amide bonds. The molecule has 0 aliphatic carbocycles. The summed E-state index contributed by atoms with van der Waals surface area (Å²) in [5.74, 6) is -0.171. The van der Waals surface area contributed by atoms with Crippen molar-refractivity contribution in [1.82, 2.24) is 16.0 Å². The largest absolute Gasteiger partial charge is 0.352 e. The zero-order chi connectivity index (χ0) is 13.4. The van der Waals surface area contributed by atoms with Gasteiger partial charge in [0.25, 0.3) is 0 Å². The molecule has 0 aromatic heterocycles. The van der Waals surface area contributed by atoms with Gasteiger partial charge in [-0.05, 0) is 39.7 Å². The molecule has 1 aliphatic heterocycles. The monoisotopic (exact) mass is 255 g/mol. The Kier molecular flexibility index (Phi) is 6.72. The van der Waals surface area contributed by atoms with Crippen LogP contribution in [0.1, 0.15) is 46.0 Å². The van der Waals surface area contributed by atoms with E-state index in [4.69, 9.17) is 0 Å². The van der Waals surface area contributed by atoms with E-state index in [0.29, 0.717) is 12.5 Å². The topological polar surface area (TPSA) is 70.2 Å². The van der Waals surface area contributed by atoms with Crippen molar-refractivity contribution in [2.45, 2.75) is 58.0 Å². The second-order valence-corrected chi connectivity index (χ2v) is 5.18. The first-order chi connectivity index (χ1) is 8.58. The molecule has 1 heterocycles. The second kappa shape index (κ2) is 8.08. The van der Waals surface area contributed by atoms with Gasteiger partial charge in [0, 0.05) is 18.5 Å². The van der Waals surface area contributed by atoms with Crippen LogP contribution in [0, 0.1) is 0 Å². The molecule has 0 aromatic rings. The highest BCUT2D eigenvalue weighted by molar-refractivity contribution is 5.84. The molecule has 1 saturated heterocycles. The van der Waals surface area contributed by atoms with E-state index in [1.165, 1.54) is 12.8 Å². The first kappa shape index (κ1) is 15.0. The van der Waals surface area contributed by atoms with Crippen molar-refractivity contribution in [2.24, 2.45) is 0 Å². The fourth-order valence-corrected chi connectivity index (χ4v) is 2.12. The summed E-state index contributed by atoms with van der Waals surface area (Å²) in [6.07, 6.45) is 4.99. The Morgan fingerprint density at radius 3 is 2.67 bits per heavy atom. The molecule has 0 spiro atoms. The van der Waals surface area contributed by atoms with Crippen LogP contribution in [0.2, 0.25) is 0 Å². The first-order valence-electron chi connectivity index (χ1n) is 6.87. The molecule has 1 unspecified atom stereocenters. The van der Waals surface area contributed by atoms with E-state index >= 15 is 0 Å². The van der Waals surface area contributed by atoms with Gasteiger partial charge in [-0.2, -0.15) is 0 Å². The first-order valence-corrected chi connectivity index (χ1v) is 6.87. The van der Waals surface area contributed by atoms with Gasteiger partial charge in [-0.3, -0.25) is 9.59 Å². The van der Waals surface area contributed by atoms with Crippen LogP contribution in [0.3, 0.4) is 0 Å². The smallest absolute Gasteiger partial charge is 0.239 e. The number of nitrogens with one attached hydrogen (secondary N) is 3. The van der Waals surface area contributed by atoms with Gasteiger partial charge in [-0.25, -0.2) is 0 Å². The van der Waals surface area contributed by atoms with Crippen molar-refractivity contribution in [3.63, 3.8) is 0 Å². The lowest BCUT2D eigenvalue weighted by atomic mass is 10.0. The average Bonchev–Trinajstić information content (AvgIpc) is 2.34. The highest BCUT2D eigenvalue weighted by Gasteiger charge is 2.14. The molecule has 0 aromatic carbocycles. The van der Waals surface area contributed by atoms with Crippen LogP contribution in [0.4, 0.5) is 0 Å². The molecular formula is C13H25N3O2. The van der Waals surface area contributed by atoms with Crippen molar-refractivity contribution in [3.8, 4) is 0 Å². The Balaban J connectivity index is 2.07. The summed E-state index contributed by atoms with van der Waals surface area (Å²) in [6.45, 7) is 4.93. The predicted molar refractivity (Wildman–Crippen MR) is 71.2 cm³/mol. The number of amides is 2. The number of hydrogen-bond donors (Lipinski definition) is 3. The third-order valence-corrected chi connectivity index (χ3v) is 3.03. The number of carbonyl (C=O) groups is 2. The molecule has 5 heteroatoms. The number of hydrogen-bond acceptors (Lipinski definition) is 3. The predicted octanol–water partition coefficient (Wildman–Crippen LogP) is 0.550. The van der Waals surface area contributed by atoms with Gasteiger partial charge in [0.15, 0.2) is 0 Å². The van der Waals surface area contributed by atoms with Crippen LogP contribution < -0.4 is 16.0 Å². The van der Waals surface area contributed by atoms with E-state index in [1.807, 2.05) is 13.8 Å². The van der Waals surface area contributed by atoms with Crippen LogP contribution in [-0.4, -0.2) is 37.0 Å². The van der Waals surface area contributed by atoms with Crippen molar-refractivity contribution >= 4 is 11.8 Å². The molecule has 0 radical (unpaired) electrons. The van der Waals surface area contributed by atoms with Crippen molar-refractivity contribution < 1.29 is 9.59 Å². The molecule has 1 fully saturated rings. The van der Waals surface area contributed by atoms with E-state index < -0.39 is 0 Å². The molecule has 0 bridgehead atoms. The zero-order valence-electron chi connectivity index (χ0n) is 11.4. The summed E-state index contributed by atoms with van der Waals surface area (Å²) in [5.41, 5.74) is 0. The van der Waals surface area contributed by atoms with E-state index in [2.05, 4.69) is 16.0 Å². The maximum atomic E-state index is 11.6. The summed E-state index contributed by atoms with van der Waals surface area (Å²) in [5, 5.41) is 8.79. The van der Waals surface area contributed by atoms with Crippen LogP contribution in [0.15, 0.2) is 0 Å². The Morgan fingerprint density at radius 2 is 2.06 bits per heavy atom. The minimum absolute atomic E-state index is 0.0405. The zero-order valence-corrected chi connectivity index (χ0v) is 11.4. The van der Waals surface area contributed by atoms with Crippen molar-refractivity contribution in [3.05, 3.63) is 0 Å². The van der Waals surface area contributed by atoms with Crippen molar-refractivity contribution in [2.75, 3.05) is 13.1 Å². The maximum Gasteiger partial charge on any atom is 0.239 e. The third-order valence-electron chi connectivity index (χ3n) is 3.03. The summed E-state index contributed by atoms with van der Waals surface area (Å²) in [7, 11) is 0. The van der Waals surface area contributed by atoms with Gasteiger partial charge < -0.3 is 16.0 Å². The number of piperidine rings is 1. The van der Waals surface area contributed by atoms with E-state index in [0.717, 1.165) is 19.4 Å². The lowest BCUT2D eigenvalue weighted by molar-refractivity contribution is -0.126.